The Balaban J connectivity index is 1.69. The van der Waals surface area contributed by atoms with Crippen molar-refractivity contribution in [1.29, 1.82) is 0 Å². The van der Waals surface area contributed by atoms with Gasteiger partial charge in [0.2, 0.25) is 0 Å². The average Bonchev–Trinajstić information content (AvgIpc) is 2.73. The van der Waals surface area contributed by atoms with Crippen LogP contribution in [0.25, 0.3) is 0 Å². The maximum Gasteiger partial charge on any atom is 0.135 e. The Morgan fingerprint density at radius 3 is 2.76 bits per heavy atom. The van der Waals surface area contributed by atoms with Gasteiger partial charge in [-0.3, -0.25) is 14.6 Å². The highest BCUT2D eigenvalue weighted by atomic mass is 16.1. The number of carbonyl (C=O) groups is 1. The van der Waals surface area contributed by atoms with Crippen LogP contribution in [0.1, 0.15) is 45.4 Å². The Kier molecular flexibility index (Phi) is 3.22. The first kappa shape index (κ1) is 11.7. The number of carbonyl (C=O) groups excluding carboxylic acids is 1. The second kappa shape index (κ2) is 4.69. The Labute approximate surface area is 104 Å². The summed E-state index contributed by atoms with van der Waals surface area (Å²) >= 11 is 0. The lowest BCUT2D eigenvalue weighted by molar-refractivity contribution is -0.123. The van der Waals surface area contributed by atoms with Crippen LogP contribution in [0.4, 0.5) is 0 Å². The van der Waals surface area contributed by atoms with E-state index < -0.39 is 0 Å². The molecular formula is C14H24N2O. The molecule has 0 radical (unpaired) electrons. The third-order valence-electron chi connectivity index (χ3n) is 4.98. The van der Waals surface area contributed by atoms with Crippen LogP contribution in [0.5, 0.6) is 0 Å². The largest absolute Gasteiger partial charge is 0.300 e. The van der Waals surface area contributed by atoms with Crippen molar-refractivity contribution in [3.63, 3.8) is 0 Å². The van der Waals surface area contributed by atoms with Gasteiger partial charge >= 0.3 is 0 Å². The molecule has 96 valence electrons. The monoisotopic (exact) mass is 236 g/mol. The molecule has 17 heavy (non-hydrogen) atoms. The lowest BCUT2D eigenvalue weighted by Crippen LogP contribution is -2.53. The predicted octanol–water partition coefficient (Wildman–Crippen LogP) is 1.67. The molecule has 0 aromatic carbocycles. The van der Waals surface area contributed by atoms with E-state index in [1.165, 1.54) is 38.8 Å². The maximum absolute atomic E-state index is 11.5. The number of hydrogen-bond acceptors (Lipinski definition) is 3. The van der Waals surface area contributed by atoms with Crippen LogP contribution in [0, 0.1) is 0 Å². The molecule has 0 bridgehead atoms. The number of nitrogens with zero attached hydrogens (tertiary/aromatic N) is 2. The van der Waals surface area contributed by atoms with Crippen LogP contribution in [-0.4, -0.2) is 53.3 Å². The van der Waals surface area contributed by atoms with Crippen molar-refractivity contribution in [3.8, 4) is 0 Å². The summed E-state index contributed by atoms with van der Waals surface area (Å²) in [5.41, 5.74) is 0. The Morgan fingerprint density at radius 2 is 1.94 bits per heavy atom. The van der Waals surface area contributed by atoms with Crippen molar-refractivity contribution in [1.82, 2.24) is 9.80 Å². The van der Waals surface area contributed by atoms with E-state index in [2.05, 4.69) is 16.7 Å². The third-order valence-corrected chi connectivity index (χ3v) is 4.98. The summed E-state index contributed by atoms with van der Waals surface area (Å²) in [6, 6.07) is 2.00. The van der Waals surface area contributed by atoms with Crippen molar-refractivity contribution in [3.05, 3.63) is 0 Å². The van der Waals surface area contributed by atoms with Gasteiger partial charge in [-0.2, -0.15) is 0 Å². The van der Waals surface area contributed by atoms with Crippen LogP contribution in [0.2, 0.25) is 0 Å². The van der Waals surface area contributed by atoms with Gasteiger partial charge < -0.3 is 0 Å². The van der Waals surface area contributed by atoms with Gasteiger partial charge in [-0.05, 0) is 32.7 Å². The third kappa shape index (κ3) is 2.15. The van der Waals surface area contributed by atoms with Gasteiger partial charge in [0.1, 0.15) is 5.78 Å². The zero-order valence-corrected chi connectivity index (χ0v) is 10.9. The van der Waals surface area contributed by atoms with Gasteiger partial charge in [0.25, 0.3) is 0 Å². The molecule has 3 unspecified atom stereocenters. The fourth-order valence-electron chi connectivity index (χ4n) is 4.12. The number of fused-ring (bicyclic) bond motifs is 1. The summed E-state index contributed by atoms with van der Waals surface area (Å²) in [6.45, 7) is 5.84. The summed E-state index contributed by atoms with van der Waals surface area (Å²) in [6.07, 6.45) is 7.05. The van der Waals surface area contributed by atoms with E-state index in [4.69, 9.17) is 0 Å². The van der Waals surface area contributed by atoms with Crippen LogP contribution in [0.15, 0.2) is 0 Å². The van der Waals surface area contributed by atoms with Crippen molar-refractivity contribution in [2.75, 3.05) is 19.6 Å². The molecule has 0 N–H and O–H groups in total. The Hall–Kier alpha value is -0.410. The second-order valence-corrected chi connectivity index (χ2v) is 6.03. The lowest BCUT2D eigenvalue weighted by atomic mass is 9.93. The molecular weight excluding hydrogens is 212 g/mol. The summed E-state index contributed by atoms with van der Waals surface area (Å²) in [4.78, 5) is 16.8. The lowest BCUT2D eigenvalue weighted by Gasteiger charge is -2.42. The normalized spacial score (nSPS) is 40.5. The molecule has 0 saturated carbocycles. The van der Waals surface area contributed by atoms with Gasteiger partial charge in [-0.1, -0.05) is 6.42 Å². The van der Waals surface area contributed by atoms with Gasteiger partial charge in [-0.25, -0.2) is 0 Å². The van der Waals surface area contributed by atoms with Gasteiger partial charge in [0, 0.05) is 44.1 Å². The summed E-state index contributed by atoms with van der Waals surface area (Å²) < 4.78 is 0. The molecule has 0 spiro atoms. The number of ketones is 1. The van der Waals surface area contributed by atoms with Crippen LogP contribution in [-0.2, 0) is 4.79 Å². The zero-order chi connectivity index (χ0) is 11.8. The number of Topliss-reactive ketones (excluding diaryl/α,β-unsaturated/α-hetero) is 1. The van der Waals surface area contributed by atoms with Gasteiger partial charge in [0.05, 0.1) is 0 Å². The minimum atomic E-state index is 0.465. The molecule has 3 fully saturated rings. The quantitative estimate of drug-likeness (QED) is 0.692. The van der Waals surface area contributed by atoms with E-state index in [1.54, 1.807) is 0 Å². The number of piperidine rings is 2. The topological polar surface area (TPSA) is 23.6 Å². The van der Waals surface area contributed by atoms with Crippen molar-refractivity contribution in [2.45, 2.75) is 63.6 Å². The molecule has 3 atom stereocenters. The number of likely N-dealkylation sites (tertiary alicyclic amines) is 1. The molecule has 0 aliphatic carbocycles. The van der Waals surface area contributed by atoms with E-state index in [0.717, 1.165) is 31.5 Å². The standard InChI is InChI=1S/C14H24N2O/c1-11-10-12(17)5-9-16(11)14-6-8-15-7-3-2-4-13(14)15/h11,13-14H,2-10H2,1H3. The van der Waals surface area contributed by atoms with E-state index in [0.29, 0.717) is 11.8 Å². The smallest absolute Gasteiger partial charge is 0.135 e. The highest BCUT2D eigenvalue weighted by Crippen LogP contribution is 2.33. The van der Waals surface area contributed by atoms with E-state index in [1.807, 2.05) is 0 Å². The summed E-state index contributed by atoms with van der Waals surface area (Å²) in [7, 11) is 0. The van der Waals surface area contributed by atoms with Crippen LogP contribution < -0.4 is 0 Å². The molecule has 3 saturated heterocycles. The molecule has 0 aromatic rings. The highest BCUT2D eigenvalue weighted by molar-refractivity contribution is 5.79. The first-order valence-electron chi connectivity index (χ1n) is 7.27. The molecule has 3 nitrogen and oxygen atoms in total. The first-order valence-corrected chi connectivity index (χ1v) is 7.27. The van der Waals surface area contributed by atoms with Gasteiger partial charge in [0.15, 0.2) is 0 Å². The fourth-order valence-corrected chi connectivity index (χ4v) is 4.12. The number of rotatable bonds is 1. The minimum absolute atomic E-state index is 0.465. The van der Waals surface area contributed by atoms with Crippen molar-refractivity contribution < 1.29 is 4.79 Å². The molecule has 3 heterocycles. The highest BCUT2D eigenvalue weighted by Gasteiger charge is 2.41. The molecule has 0 aromatic heterocycles. The van der Waals surface area contributed by atoms with Crippen molar-refractivity contribution in [2.24, 2.45) is 0 Å². The maximum atomic E-state index is 11.5. The molecule has 3 heteroatoms. The molecule has 3 aliphatic heterocycles. The van der Waals surface area contributed by atoms with E-state index >= 15 is 0 Å². The van der Waals surface area contributed by atoms with E-state index in [-0.39, 0.29) is 0 Å². The number of hydrogen-bond donors (Lipinski definition) is 0. The molecule has 3 aliphatic rings. The SMILES string of the molecule is CC1CC(=O)CCN1C1CCN2CCCCC12. The minimum Gasteiger partial charge on any atom is -0.300 e. The van der Waals surface area contributed by atoms with Gasteiger partial charge in [-0.15, -0.1) is 0 Å². The first-order chi connectivity index (χ1) is 8.25. The average molecular weight is 236 g/mol. The molecule has 3 rings (SSSR count). The fraction of sp³-hybridized carbons (Fsp3) is 0.929. The molecule has 0 amide bonds. The van der Waals surface area contributed by atoms with E-state index in [9.17, 15) is 4.79 Å². The Morgan fingerprint density at radius 1 is 1.06 bits per heavy atom. The second-order valence-electron chi connectivity index (χ2n) is 6.03. The van der Waals surface area contributed by atoms with Crippen molar-refractivity contribution >= 4 is 5.78 Å². The Bertz CT molecular complexity index is 305. The summed E-state index contributed by atoms with van der Waals surface area (Å²) in [5, 5.41) is 0. The zero-order valence-electron chi connectivity index (χ0n) is 10.9. The van der Waals surface area contributed by atoms with Crippen LogP contribution >= 0.6 is 0 Å². The summed E-state index contributed by atoms with van der Waals surface area (Å²) in [5.74, 6) is 0.465. The predicted molar refractivity (Wildman–Crippen MR) is 68.0 cm³/mol. The van der Waals surface area contributed by atoms with Crippen LogP contribution in [0.3, 0.4) is 0 Å².